The molecule has 0 radical (unpaired) electrons. The van der Waals surface area contributed by atoms with Crippen molar-refractivity contribution >= 4 is 35.0 Å². The summed E-state index contributed by atoms with van der Waals surface area (Å²) < 4.78 is 43.5. The number of amides is 1. The summed E-state index contributed by atoms with van der Waals surface area (Å²) in [7, 11) is 0. The Hall–Kier alpha value is -3.51. The van der Waals surface area contributed by atoms with Gasteiger partial charge in [0.15, 0.2) is 11.0 Å². The van der Waals surface area contributed by atoms with E-state index in [1.165, 1.54) is 24.9 Å². The number of halogens is 4. The third-order valence-electron chi connectivity index (χ3n) is 5.67. The van der Waals surface area contributed by atoms with Crippen molar-refractivity contribution in [3.63, 3.8) is 0 Å². The van der Waals surface area contributed by atoms with Crippen molar-refractivity contribution < 1.29 is 18.0 Å². The molecule has 0 bridgehead atoms. The van der Waals surface area contributed by atoms with E-state index in [0.29, 0.717) is 10.8 Å². The lowest BCUT2D eigenvalue weighted by molar-refractivity contribution is 0.102. The Kier molecular flexibility index (Phi) is 7.79. The number of anilines is 1. The second kappa shape index (κ2) is 10.9. The largest absolute Gasteiger partial charge is 0.318 e. The van der Waals surface area contributed by atoms with Crippen LogP contribution >= 0.6 is 23.4 Å². The van der Waals surface area contributed by atoms with Crippen molar-refractivity contribution in [2.75, 3.05) is 11.6 Å². The molecule has 0 aliphatic rings. The number of carbonyl (C=O) groups excluding carboxylic acids is 1. The summed E-state index contributed by atoms with van der Waals surface area (Å²) in [6.45, 7) is 5.33. The molecule has 0 aliphatic carbocycles. The molecule has 13 heteroatoms. The minimum atomic E-state index is -2.99. The molecule has 1 unspecified atom stereocenters. The van der Waals surface area contributed by atoms with Gasteiger partial charge in [0.1, 0.15) is 5.69 Å². The molecule has 37 heavy (non-hydrogen) atoms. The molecule has 4 rings (SSSR count). The van der Waals surface area contributed by atoms with Crippen LogP contribution in [0.25, 0.3) is 11.3 Å². The van der Waals surface area contributed by atoms with E-state index in [0.717, 1.165) is 29.6 Å². The van der Waals surface area contributed by atoms with Gasteiger partial charge < -0.3 is 5.32 Å². The fourth-order valence-electron chi connectivity index (χ4n) is 3.70. The normalized spacial score (nSPS) is 12.1. The van der Waals surface area contributed by atoms with Crippen LogP contribution in [0.5, 0.6) is 0 Å². The van der Waals surface area contributed by atoms with Gasteiger partial charge in [0.25, 0.3) is 12.3 Å². The lowest BCUT2D eigenvalue weighted by Gasteiger charge is -2.14. The molecule has 3 heterocycles. The maximum atomic E-state index is 14.7. The van der Waals surface area contributed by atoms with E-state index >= 15 is 0 Å². The highest BCUT2D eigenvalue weighted by atomic mass is 35.5. The Morgan fingerprint density at radius 1 is 1.08 bits per heavy atom. The zero-order chi connectivity index (χ0) is 26.9. The van der Waals surface area contributed by atoms with Gasteiger partial charge in [-0.2, -0.15) is 5.10 Å². The second-order valence-electron chi connectivity index (χ2n) is 8.05. The number of nitrogens with zero attached hydrogens (tertiary/aromatic N) is 6. The summed E-state index contributed by atoms with van der Waals surface area (Å²) >= 11 is 7.26. The van der Waals surface area contributed by atoms with E-state index in [2.05, 4.69) is 30.4 Å². The SMILES string of the molecule is CSc1ncc(C(C)n2cc(NC(=O)c3nc(-c4c(C(F)F)ccc(Cl)c4F)cnc3C)cn2)c(C)n1. The van der Waals surface area contributed by atoms with E-state index in [1.807, 2.05) is 20.1 Å². The number of hydrogen-bond acceptors (Lipinski definition) is 7. The highest BCUT2D eigenvalue weighted by molar-refractivity contribution is 7.98. The van der Waals surface area contributed by atoms with Gasteiger partial charge in [0.2, 0.25) is 0 Å². The predicted octanol–water partition coefficient (Wildman–Crippen LogP) is 6.06. The van der Waals surface area contributed by atoms with Crippen molar-refractivity contribution in [2.45, 2.75) is 38.4 Å². The molecular weight excluding hydrogens is 527 g/mol. The maximum Gasteiger partial charge on any atom is 0.276 e. The lowest BCUT2D eigenvalue weighted by atomic mass is 10.0. The van der Waals surface area contributed by atoms with Gasteiger partial charge in [-0.1, -0.05) is 29.4 Å². The second-order valence-corrected chi connectivity index (χ2v) is 9.23. The van der Waals surface area contributed by atoms with Gasteiger partial charge >= 0.3 is 0 Å². The third-order valence-corrected chi connectivity index (χ3v) is 6.53. The summed E-state index contributed by atoms with van der Waals surface area (Å²) in [6.07, 6.45) is 4.86. The van der Waals surface area contributed by atoms with Crippen molar-refractivity contribution in [1.82, 2.24) is 29.7 Å². The highest BCUT2D eigenvalue weighted by Gasteiger charge is 2.24. The van der Waals surface area contributed by atoms with Crippen LogP contribution < -0.4 is 5.32 Å². The van der Waals surface area contributed by atoms with Gasteiger partial charge in [-0.25, -0.2) is 28.1 Å². The summed E-state index contributed by atoms with van der Waals surface area (Å²) in [5.41, 5.74) is 0.768. The number of rotatable bonds is 7. The smallest absolute Gasteiger partial charge is 0.276 e. The molecule has 1 atom stereocenters. The zero-order valence-electron chi connectivity index (χ0n) is 20.1. The maximum absolute atomic E-state index is 14.7. The minimum Gasteiger partial charge on any atom is -0.318 e. The summed E-state index contributed by atoms with van der Waals surface area (Å²) in [5, 5.41) is 7.31. The molecule has 1 amide bonds. The van der Waals surface area contributed by atoms with E-state index in [1.54, 1.807) is 17.1 Å². The van der Waals surface area contributed by atoms with Crippen molar-refractivity contribution in [1.29, 1.82) is 0 Å². The number of carbonyl (C=O) groups is 1. The number of benzene rings is 1. The Balaban J connectivity index is 1.60. The van der Waals surface area contributed by atoms with Crippen LogP contribution in [0.3, 0.4) is 0 Å². The topological polar surface area (TPSA) is 98.5 Å². The Labute approximate surface area is 219 Å². The van der Waals surface area contributed by atoms with Gasteiger partial charge in [-0.3, -0.25) is 14.5 Å². The van der Waals surface area contributed by atoms with Crippen LogP contribution in [0.15, 0.2) is 42.1 Å². The van der Waals surface area contributed by atoms with E-state index < -0.39 is 29.3 Å². The summed E-state index contributed by atoms with van der Waals surface area (Å²) in [6, 6.07) is 1.84. The number of thioether (sulfide) groups is 1. The number of hydrogen-bond donors (Lipinski definition) is 1. The first-order valence-corrected chi connectivity index (χ1v) is 12.5. The fourth-order valence-corrected chi connectivity index (χ4v) is 4.25. The molecule has 3 aromatic heterocycles. The van der Waals surface area contributed by atoms with Crippen molar-refractivity contribution in [2.24, 2.45) is 0 Å². The molecule has 1 aromatic carbocycles. The van der Waals surface area contributed by atoms with Crippen molar-refractivity contribution in [3.05, 3.63) is 76.0 Å². The predicted molar refractivity (Wildman–Crippen MR) is 135 cm³/mol. The molecule has 0 saturated carbocycles. The molecule has 1 N–H and O–H groups in total. The Bertz CT molecular complexity index is 1480. The van der Waals surface area contributed by atoms with Gasteiger partial charge in [0, 0.05) is 34.8 Å². The van der Waals surface area contributed by atoms with Crippen LogP contribution in [0.1, 0.15) is 52.4 Å². The Morgan fingerprint density at radius 3 is 2.51 bits per heavy atom. The van der Waals surface area contributed by atoms with Crippen LogP contribution in [-0.4, -0.2) is 41.9 Å². The number of aromatic nitrogens is 6. The highest BCUT2D eigenvalue weighted by Crippen LogP contribution is 2.35. The number of aryl methyl sites for hydroxylation is 2. The molecule has 192 valence electrons. The quantitative estimate of drug-likeness (QED) is 0.222. The Morgan fingerprint density at radius 2 is 1.84 bits per heavy atom. The first-order valence-electron chi connectivity index (χ1n) is 10.9. The van der Waals surface area contributed by atoms with Crippen LogP contribution in [-0.2, 0) is 0 Å². The number of nitrogens with one attached hydrogen (secondary N) is 1. The standard InChI is InChI=1S/C24H21ClF3N7OS/c1-11-16(8-30-24(32-11)37-4)13(3)35-10-14(7-31-35)33-23(36)21-12(2)29-9-18(34-21)19-15(22(27)28)5-6-17(25)20(19)26/h5-10,13,22H,1-4H3,(H,33,36). The minimum absolute atomic E-state index is 0.158. The average Bonchev–Trinajstić information content (AvgIpc) is 3.33. The monoisotopic (exact) mass is 547 g/mol. The van der Waals surface area contributed by atoms with Crippen molar-refractivity contribution in [3.8, 4) is 11.3 Å². The molecule has 0 spiro atoms. The number of alkyl halides is 2. The zero-order valence-corrected chi connectivity index (χ0v) is 21.7. The van der Waals surface area contributed by atoms with E-state index in [9.17, 15) is 18.0 Å². The summed E-state index contributed by atoms with van der Waals surface area (Å²) in [5.74, 6) is -1.73. The first kappa shape index (κ1) is 26.6. The van der Waals surface area contributed by atoms with E-state index in [-0.39, 0.29) is 28.1 Å². The molecular formula is C24H21ClF3N7OS. The van der Waals surface area contributed by atoms with Gasteiger partial charge in [0.05, 0.1) is 40.5 Å². The lowest BCUT2D eigenvalue weighted by Crippen LogP contribution is -2.17. The molecule has 0 saturated heterocycles. The molecule has 0 fully saturated rings. The van der Waals surface area contributed by atoms with Gasteiger partial charge in [-0.05, 0) is 33.1 Å². The fraction of sp³-hybridized carbons (Fsp3) is 0.250. The first-order chi connectivity index (χ1) is 17.6. The molecule has 8 nitrogen and oxygen atoms in total. The van der Waals surface area contributed by atoms with Crippen LogP contribution in [0.4, 0.5) is 18.9 Å². The average molecular weight is 548 g/mol. The van der Waals surface area contributed by atoms with E-state index in [4.69, 9.17) is 11.6 Å². The van der Waals surface area contributed by atoms with Gasteiger partial charge in [-0.15, -0.1) is 0 Å². The summed E-state index contributed by atoms with van der Waals surface area (Å²) in [4.78, 5) is 30.0. The molecule has 0 aliphatic heterocycles. The third kappa shape index (κ3) is 5.44. The van der Waals surface area contributed by atoms with Crippen LogP contribution in [0.2, 0.25) is 5.02 Å². The molecule has 4 aromatic rings. The van der Waals surface area contributed by atoms with Crippen LogP contribution in [0, 0.1) is 19.7 Å².